The fourth-order valence-electron chi connectivity index (χ4n) is 2.97. The predicted octanol–water partition coefficient (Wildman–Crippen LogP) is 4.63. The number of carbonyl (C=O) groups excluding carboxylic acids is 1. The van der Waals surface area contributed by atoms with Crippen molar-refractivity contribution in [2.75, 3.05) is 13.1 Å². The molecule has 0 N–H and O–H groups in total. The molecule has 1 aromatic rings. The van der Waals surface area contributed by atoms with Crippen molar-refractivity contribution in [1.82, 2.24) is 4.90 Å². The molecule has 4 heteroatoms. The molecular formula is C16H21BrFNO. The van der Waals surface area contributed by atoms with Crippen LogP contribution in [0.5, 0.6) is 0 Å². The number of likely N-dealkylation sites (tertiary alicyclic amines) is 1. The maximum absolute atomic E-state index is 13.9. The van der Waals surface area contributed by atoms with Crippen molar-refractivity contribution in [2.45, 2.75) is 39.5 Å². The first kappa shape index (κ1) is 15.5. The molecule has 1 aliphatic heterocycles. The van der Waals surface area contributed by atoms with Crippen LogP contribution in [0, 0.1) is 11.2 Å². The largest absolute Gasteiger partial charge is 0.339 e. The zero-order valence-corrected chi connectivity index (χ0v) is 13.7. The molecule has 1 aromatic carbocycles. The number of hydrogen-bond acceptors (Lipinski definition) is 1. The molecule has 0 atom stereocenters. The second kappa shape index (κ2) is 6.25. The van der Waals surface area contributed by atoms with Crippen LogP contribution in [0.4, 0.5) is 4.39 Å². The summed E-state index contributed by atoms with van der Waals surface area (Å²) >= 11 is 3.21. The van der Waals surface area contributed by atoms with E-state index in [0.29, 0.717) is 9.89 Å². The Balaban J connectivity index is 2.09. The first-order valence-corrected chi connectivity index (χ1v) is 8.05. The van der Waals surface area contributed by atoms with E-state index in [4.69, 9.17) is 0 Å². The van der Waals surface area contributed by atoms with Gasteiger partial charge in [-0.25, -0.2) is 4.39 Å². The molecular weight excluding hydrogens is 321 g/mol. The van der Waals surface area contributed by atoms with Crippen molar-refractivity contribution in [3.8, 4) is 0 Å². The molecule has 0 aromatic heterocycles. The van der Waals surface area contributed by atoms with Gasteiger partial charge in [-0.3, -0.25) is 4.79 Å². The van der Waals surface area contributed by atoms with Crippen molar-refractivity contribution in [3.63, 3.8) is 0 Å². The lowest BCUT2D eigenvalue weighted by Crippen LogP contribution is -2.43. The van der Waals surface area contributed by atoms with Gasteiger partial charge < -0.3 is 4.90 Å². The number of halogens is 2. The fourth-order valence-corrected chi connectivity index (χ4v) is 3.31. The van der Waals surface area contributed by atoms with Gasteiger partial charge in [0.25, 0.3) is 5.91 Å². The Morgan fingerprint density at radius 3 is 2.40 bits per heavy atom. The molecule has 1 amide bonds. The number of hydrogen-bond donors (Lipinski definition) is 0. The summed E-state index contributed by atoms with van der Waals surface area (Å²) in [5.41, 5.74) is 0.545. The van der Waals surface area contributed by atoms with Crippen LogP contribution < -0.4 is 0 Å². The average molecular weight is 342 g/mol. The summed E-state index contributed by atoms with van der Waals surface area (Å²) in [5.74, 6) is -0.636. The molecule has 0 saturated carbocycles. The molecule has 110 valence electrons. The molecule has 20 heavy (non-hydrogen) atoms. The Labute approximate surface area is 128 Å². The van der Waals surface area contributed by atoms with Gasteiger partial charge in [-0.1, -0.05) is 42.6 Å². The lowest BCUT2D eigenvalue weighted by molar-refractivity contribution is 0.0553. The molecule has 0 aliphatic carbocycles. The minimum absolute atomic E-state index is 0.175. The highest BCUT2D eigenvalue weighted by Crippen LogP contribution is 2.38. The van der Waals surface area contributed by atoms with E-state index in [2.05, 4.69) is 29.8 Å². The van der Waals surface area contributed by atoms with E-state index in [1.54, 1.807) is 17.0 Å². The lowest BCUT2D eigenvalue weighted by Gasteiger charge is -2.41. The normalized spacial score (nSPS) is 18.1. The standard InChI is InChI=1S/C16H21BrFNO/c1-3-16(4-2)7-9-19(10-8-16)15(20)13-6-5-12(17)11-14(13)18/h5-6,11H,3-4,7-10H2,1-2H3. The van der Waals surface area contributed by atoms with Gasteiger partial charge in [0.1, 0.15) is 5.82 Å². The first-order valence-electron chi connectivity index (χ1n) is 7.25. The van der Waals surface area contributed by atoms with Gasteiger partial charge in [0.15, 0.2) is 0 Å². The van der Waals surface area contributed by atoms with Crippen LogP contribution in [0.1, 0.15) is 49.9 Å². The Bertz CT molecular complexity index is 489. The number of nitrogens with zero attached hydrogens (tertiary/aromatic N) is 1. The maximum Gasteiger partial charge on any atom is 0.256 e. The first-order chi connectivity index (χ1) is 9.51. The zero-order chi connectivity index (χ0) is 14.8. The molecule has 1 aliphatic rings. The van der Waals surface area contributed by atoms with Crippen LogP contribution in [0.2, 0.25) is 0 Å². The second-order valence-electron chi connectivity index (χ2n) is 5.62. The van der Waals surface area contributed by atoms with Gasteiger partial charge >= 0.3 is 0 Å². The molecule has 1 saturated heterocycles. The molecule has 0 radical (unpaired) electrons. The van der Waals surface area contributed by atoms with Crippen LogP contribution >= 0.6 is 15.9 Å². The van der Waals surface area contributed by atoms with Crippen molar-refractivity contribution in [1.29, 1.82) is 0 Å². The summed E-state index contributed by atoms with van der Waals surface area (Å²) < 4.78 is 14.5. The number of piperidine rings is 1. The Morgan fingerprint density at radius 2 is 1.90 bits per heavy atom. The van der Waals surface area contributed by atoms with Gasteiger partial charge in [0.05, 0.1) is 5.56 Å². The van der Waals surface area contributed by atoms with Crippen molar-refractivity contribution >= 4 is 21.8 Å². The third-order valence-corrected chi connectivity index (χ3v) is 5.27. The summed E-state index contributed by atoms with van der Waals surface area (Å²) in [5, 5.41) is 0. The number of amides is 1. The van der Waals surface area contributed by atoms with Crippen molar-refractivity contribution in [2.24, 2.45) is 5.41 Å². The number of benzene rings is 1. The maximum atomic E-state index is 13.9. The predicted molar refractivity (Wildman–Crippen MR) is 82.3 cm³/mol. The van der Waals surface area contributed by atoms with E-state index in [-0.39, 0.29) is 11.5 Å². The van der Waals surface area contributed by atoms with Gasteiger partial charge in [-0.15, -0.1) is 0 Å². The van der Waals surface area contributed by atoms with Crippen LogP contribution in [0.25, 0.3) is 0 Å². The third-order valence-electron chi connectivity index (χ3n) is 4.77. The quantitative estimate of drug-likeness (QED) is 0.784. The smallest absolute Gasteiger partial charge is 0.256 e. The van der Waals surface area contributed by atoms with E-state index >= 15 is 0 Å². The SMILES string of the molecule is CCC1(CC)CCN(C(=O)c2ccc(Br)cc2F)CC1. The Morgan fingerprint density at radius 1 is 1.30 bits per heavy atom. The second-order valence-corrected chi connectivity index (χ2v) is 6.54. The minimum atomic E-state index is -0.452. The van der Waals surface area contributed by atoms with Gasteiger partial charge in [-0.05, 0) is 36.5 Å². The summed E-state index contributed by atoms with van der Waals surface area (Å²) in [6.45, 7) is 5.90. The summed E-state index contributed by atoms with van der Waals surface area (Å²) in [7, 11) is 0. The monoisotopic (exact) mass is 341 g/mol. The van der Waals surface area contributed by atoms with E-state index in [1.165, 1.54) is 6.07 Å². The number of carbonyl (C=O) groups is 1. The third kappa shape index (κ3) is 3.05. The molecule has 0 unspecified atom stereocenters. The van der Waals surface area contributed by atoms with E-state index in [9.17, 15) is 9.18 Å². The highest BCUT2D eigenvalue weighted by atomic mass is 79.9. The topological polar surface area (TPSA) is 20.3 Å². The summed E-state index contributed by atoms with van der Waals surface area (Å²) in [4.78, 5) is 14.2. The number of rotatable bonds is 3. The van der Waals surface area contributed by atoms with Crippen molar-refractivity contribution in [3.05, 3.63) is 34.1 Å². The van der Waals surface area contributed by atoms with Crippen LogP contribution in [-0.2, 0) is 0 Å². The van der Waals surface area contributed by atoms with Gasteiger partial charge in [0, 0.05) is 17.6 Å². The fraction of sp³-hybridized carbons (Fsp3) is 0.562. The Kier molecular flexibility index (Phi) is 4.84. The van der Waals surface area contributed by atoms with Gasteiger partial charge in [0.2, 0.25) is 0 Å². The average Bonchev–Trinajstić information content (AvgIpc) is 2.47. The molecule has 2 rings (SSSR count). The van der Waals surface area contributed by atoms with Crippen LogP contribution in [-0.4, -0.2) is 23.9 Å². The molecule has 1 fully saturated rings. The minimum Gasteiger partial charge on any atom is -0.339 e. The summed E-state index contributed by atoms with van der Waals surface area (Å²) in [6, 6.07) is 4.62. The molecule has 2 nitrogen and oxygen atoms in total. The summed E-state index contributed by atoms with van der Waals surface area (Å²) in [6.07, 6.45) is 4.34. The van der Waals surface area contributed by atoms with Crippen LogP contribution in [0.15, 0.2) is 22.7 Å². The van der Waals surface area contributed by atoms with E-state index < -0.39 is 5.82 Å². The molecule has 0 bridgehead atoms. The highest BCUT2D eigenvalue weighted by Gasteiger charge is 2.33. The van der Waals surface area contributed by atoms with Gasteiger partial charge in [-0.2, -0.15) is 0 Å². The van der Waals surface area contributed by atoms with Crippen LogP contribution in [0.3, 0.4) is 0 Å². The molecule has 1 heterocycles. The molecule has 0 spiro atoms. The van der Waals surface area contributed by atoms with E-state index in [0.717, 1.165) is 38.8 Å². The lowest BCUT2D eigenvalue weighted by atomic mass is 9.74. The van der Waals surface area contributed by atoms with E-state index in [1.807, 2.05) is 0 Å². The Hall–Kier alpha value is -0.900. The zero-order valence-electron chi connectivity index (χ0n) is 12.1. The van der Waals surface area contributed by atoms with Crippen molar-refractivity contribution < 1.29 is 9.18 Å². The highest BCUT2D eigenvalue weighted by molar-refractivity contribution is 9.10.